The molecule has 1 N–H and O–H groups in total. The van der Waals surface area contributed by atoms with Crippen molar-refractivity contribution in [2.24, 2.45) is 0 Å². The Morgan fingerprint density at radius 2 is 2.00 bits per heavy atom. The lowest BCUT2D eigenvalue weighted by molar-refractivity contribution is 0.617. The molecule has 2 aromatic rings. The molecule has 0 unspecified atom stereocenters. The predicted molar refractivity (Wildman–Crippen MR) is 76.1 cm³/mol. The maximum Gasteiger partial charge on any atom is 0.103 e. The second-order valence-electron chi connectivity index (χ2n) is 5.31. The number of fused-ring (bicyclic) bond motifs is 1. The third-order valence-corrected chi connectivity index (χ3v) is 5.05. The molecule has 0 atom stereocenters. The minimum atomic E-state index is 0.00324. The van der Waals surface area contributed by atoms with Gasteiger partial charge in [0.25, 0.3) is 0 Å². The molecule has 0 radical (unpaired) electrons. The van der Waals surface area contributed by atoms with E-state index in [9.17, 15) is 0 Å². The van der Waals surface area contributed by atoms with Crippen molar-refractivity contribution >= 4 is 11.3 Å². The van der Waals surface area contributed by atoms with Gasteiger partial charge in [-0.15, -0.1) is 11.3 Å². The number of benzene rings is 1. The molecule has 94 valence electrons. The molecule has 0 fully saturated rings. The Hall–Kier alpha value is -1.19. The second kappa shape index (κ2) is 4.48. The van der Waals surface area contributed by atoms with E-state index in [1.807, 2.05) is 11.3 Å². The van der Waals surface area contributed by atoms with Gasteiger partial charge in [-0.1, -0.05) is 30.3 Å². The molecule has 1 aliphatic rings. The second-order valence-corrected chi connectivity index (χ2v) is 6.39. The van der Waals surface area contributed by atoms with Gasteiger partial charge >= 0.3 is 0 Å². The fourth-order valence-electron chi connectivity index (χ4n) is 2.37. The quantitative estimate of drug-likeness (QED) is 0.895. The van der Waals surface area contributed by atoms with E-state index in [2.05, 4.69) is 49.5 Å². The number of rotatable bonds is 2. The topological polar surface area (TPSA) is 24.9 Å². The summed E-state index contributed by atoms with van der Waals surface area (Å²) >= 11 is 1.86. The fraction of sp³-hybridized carbons (Fsp3) is 0.400. The van der Waals surface area contributed by atoms with Gasteiger partial charge in [0.2, 0.25) is 0 Å². The number of nitrogens with one attached hydrogen (secondary N) is 1. The third-order valence-electron chi connectivity index (χ3n) is 3.63. The smallest absolute Gasteiger partial charge is 0.103 e. The van der Waals surface area contributed by atoms with E-state index in [0.717, 1.165) is 19.5 Å². The summed E-state index contributed by atoms with van der Waals surface area (Å²) in [5.74, 6) is 0. The Balaban J connectivity index is 2.01. The van der Waals surface area contributed by atoms with Gasteiger partial charge in [-0.3, -0.25) is 0 Å². The van der Waals surface area contributed by atoms with Crippen LogP contribution < -0.4 is 5.32 Å². The van der Waals surface area contributed by atoms with Crippen molar-refractivity contribution in [1.29, 1.82) is 0 Å². The Bertz CT molecular complexity index is 519. The van der Waals surface area contributed by atoms with Crippen molar-refractivity contribution in [2.75, 3.05) is 6.54 Å². The van der Waals surface area contributed by atoms with Crippen LogP contribution in [-0.4, -0.2) is 11.5 Å². The highest BCUT2D eigenvalue weighted by Crippen LogP contribution is 2.36. The van der Waals surface area contributed by atoms with Crippen molar-refractivity contribution in [3.05, 3.63) is 51.5 Å². The van der Waals surface area contributed by atoms with Gasteiger partial charge in [0.05, 0.1) is 5.69 Å². The Morgan fingerprint density at radius 3 is 2.72 bits per heavy atom. The number of hydrogen-bond donors (Lipinski definition) is 1. The van der Waals surface area contributed by atoms with Crippen molar-refractivity contribution in [2.45, 2.75) is 32.2 Å². The molecule has 0 saturated heterocycles. The van der Waals surface area contributed by atoms with E-state index in [1.165, 1.54) is 21.1 Å². The summed E-state index contributed by atoms with van der Waals surface area (Å²) in [6, 6.07) is 10.7. The van der Waals surface area contributed by atoms with Crippen LogP contribution in [0.25, 0.3) is 0 Å². The first kappa shape index (κ1) is 11.9. The summed E-state index contributed by atoms with van der Waals surface area (Å²) in [5, 5.41) is 4.65. The summed E-state index contributed by atoms with van der Waals surface area (Å²) in [5.41, 5.74) is 2.64. The van der Waals surface area contributed by atoms with Crippen molar-refractivity contribution in [3.63, 3.8) is 0 Å². The molecule has 2 nitrogen and oxygen atoms in total. The predicted octanol–water partition coefficient (Wildman–Crippen LogP) is 3.11. The molecule has 0 spiro atoms. The van der Waals surface area contributed by atoms with E-state index in [1.54, 1.807) is 0 Å². The zero-order chi connectivity index (χ0) is 12.6. The van der Waals surface area contributed by atoms with Gasteiger partial charge in [0, 0.05) is 29.8 Å². The maximum absolute atomic E-state index is 4.88. The van der Waals surface area contributed by atoms with Crippen molar-refractivity contribution in [3.8, 4) is 0 Å². The lowest BCUT2D eigenvalue weighted by Crippen LogP contribution is -2.22. The number of hydrogen-bond acceptors (Lipinski definition) is 3. The first-order chi connectivity index (χ1) is 8.68. The molecule has 1 aromatic carbocycles. The number of nitrogens with zero attached hydrogens (tertiary/aromatic N) is 1. The van der Waals surface area contributed by atoms with Crippen LogP contribution in [0, 0.1) is 0 Å². The molecule has 2 heterocycles. The first-order valence-electron chi connectivity index (χ1n) is 6.43. The van der Waals surface area contributed by atoms with E-state index >= 15 is 0 Å². The summed E-state index contributed by atoms with van der Waals surface area (Å²) in [6.45, 7) is 6.57. The summed E-state index contributed by atoms with van der Waals surface area (Å²) < 4.78 is 0. The molecule has 0 amide bonds. The molecular formula is C15H18N2S. The molecular weight excluding hydrogens is 240 g/mol. The third kappa shape index (κ3) is 1.98. The van der Waals surface area contributed by atoms with E-state index < -0.39 is 0 Å². The SMILES string of the molecule is CC(C)(c1ccccc1)c1nc2c(s1)CNCC2. The van der Waals surface area contributed by atoms with Crippen LogP contribution in [0.4, 0.5) is 0 Å². The molecule has 0 aliphatic carbocycles. The van der Waals surface area contributed by atoms with E-state index in [-0.39, 0.29) is 5.41 Å². The van der Waals surface area contributed by atoms with Gasteiger partial charge in [0.15, 0.2) is 0 Å². The molecule has 1 aromatic heterocycles. The lowest BCUT2D eigenvalue weighted by atomic mass is 9.85. The van der Waals surface area contributed by atoms with E-state index in [4.69, 9.17) is 4.98 Å². The highest BCUT2D eigenvalue weighted by Gasteiger charge is 2.28. The van der Waals surface area contributed by atoms with Crippen molar-refractivity contribution in [1.82, 2.24) is 10.3 Å². The van der Waals surface area contributed by atoms with Crippen LogP contribution in [0.1, 0.15) is 35.0 Å². The monoisotopic (exact) mass is 258 g/mol. The van der Waals surface area contributed by atoms with Gasteiger partial charge in [-0.05, 0) is 19.4 Å². The van der Waals surface area contributed by atoms with Crippen LogP contribution in [-0.2, 0) is 18.4 Å². The Morgan fingerprint density at radius 1 is 1.22 bits per heavy atom. The van der Waals surface area contributed by atoms with Crippen LogP contribution in [0.3, 0.4) is 0 Å². The average Bonchev–Trinajstić information content (AvgIpc) is 2.84. The molecule has 18 heavy (non-hydrogen) atoms. The standard InChI is InChI=1S/C15H18N2S/c1-15(2,11-6-4-3-5-7-11)14-17-12-8-9-16-10-13(12)18-14/h3-7,16H,8-10H2,1-2H3. The van der Waals surface area contributed by atoms with Gasteiger partial charge < -0.3 is 5.32 Å². The van der Waals surface area contributed by atoms with Crippen LogP contribution in [0.5, 0.6) is 0 Å². The van der Waals surface area contributed by atoms with Gasteiger partial charge in [0.1, 0.15) is 5.01 Å². The Kier molecular flexibility index (Phi) is 2.96. The molecule has 0 bridgehead atoms. The van der Waals surface area contributed by atoms with Crippen molar-refractivity contribution < 1.29 is 0 Å². The maximum atomic E-state index is 4.88. The van der Waals surface area contributed by atoms with Crippen LogP contribution in [0.15, 0.2) is 30.3 Å². The zero-order valence-corrected chi connectivity index (χ0v) is 11.7. The largest absolute Gasteiger partial charge is 0.311 e. The summed E-state index contributed by atoms with van der Waals surface area (Å²) in [7, 11) is 0. The summed E-state index contributed by atoms with van der Waals surface area (Å²) in [4.78, 5) is 6.29. The number of aromatic nitrogens is 1. The highest BCUT2D eigenvalue weighted by molar-refractivity contribution is 7.12. The van der Waals surface area contributed by atoms with Gasteiger partial charge in [-0.25, -0.2) is 4.98 Å². The fourth-order valence-corrected chi connectivity index (χ4v) is 3.57. The van der Waals surface area contributed by atoms with E-state index in [0.29, 0.717) is 0 Å². The average molecular weight is 258 g/mol. The molecule has 3 heteroatoms. The first-order valence-corrected chi connectivity index (χ1v) is 7.25. The summed E-state index contributed by atoms with van der Waals surface area (Å²) in [6.07, 6.45) is 1.07. The molecule has 0 saturated carbocycles. The Labute approximate surface area is 112 Å². The van der Waals surface area contributed by atoms with Crippen LogP contribution >= 0.6 is 11.3 Å². The normalized spacial score (nSPS) is 15.4. The highest BCUT2D eigenvalue weighted by atomic mass is 32.1. The van der Waals surface area contributed by atoms with Crippen LogP contribution in [0.2, 0.25) is 0 Å². The minimum Gasteiger partial charge on any atom is -0.311 e. The lowest BCUT2D eigenvalue weighted by Gasteiger charge is -2.22. The minimum absolute atomic E-state index is 0.00324. The zero-order valence-electron chi connectivity index (χ0n) is 10.9. The number of thiazole rings is 1. The van der Waals surface area contributed by atoms with Gasteiger partial charge in [-0.2, -0.15) is 0 Å². The molecule has 3 rings (SSSR count). The molecule has 1 aliphatic heterocycles.